The van der Waals surface area contributed by atoms with Crippen molar-refractivity contribution in [1.82, 2.24) is 20.3 Å². The van der Waals surface area contributed by atoms with Crippen molar-refractivity contribution in [2.45, 2.75) is 19.9 Å². The van der Waals surface area contributed by atoms with Crippen molar-refractivity contribution in [3.63, 3.8) is 0 Å². The molecule has 4 rings (SSSR count). The summed E-state index contributed by atoms with van der Waals surface area (Å²) in [6.07, 6.45) is 3.24. The van der Waals surface area contributed by atoms with Gasteiger partial charge in [-0.15, -0.1) is 0 Å². The molecule has 3 N–H and O–H groups in total. The summed E-state index contributed by atoms with van der Waals surface area (Å²) in [4.78, 5) is 25.3. The third kappa shape index (κ3) is 4.52. The number of aromatic nitrogens is 3. The minimum absolute atomic E-state index is 0.154. The molecule has 158 valence electrons. The van der Waals surface area contributed by atoms with Crippen LogP contribution < -0.4 is 11.1 Å². The lowest BCUT2D eigenvalue weighted by Crippen LogP contribution is -2.24. The molecule has 7 nitrogen and oxygen atoms in total. The van der Waals surface area contributed by atoms with E-state index in [0.29, 0.717) is 45.4 Å². The molecule has 0 atom stereocenters. The second-order valence-corrected chi connectivity index (χ2v) is 7.35. The van der Waals surface area contributed by atoms with Gasteiger partial charge in [0.1, 0.15) is 11.6 Å². The molecular weight excluding hydrogens is 407 g/mol. The number of carbonyl (C=O) groups excluding carboxylic acids is 1. The minimum Gasteiger partial charge on any atom is -0.384 e. The van der Waals surface area contributed by atoms with Crippen molar-refractivity contribution in [3.8, 4) is 6.07 Å². The number of nitrogens with one attached hydrogen (secondary N) is 1. The predicted molar refractivity (Wildman–Crippen MR) is 118 cm³/mol. The fraction of sp³-hybridized carbons (Fsp3) is 0.125. The van der Waals surface area contributed by atoms with Crippen LogP contribution in [0.25, 0.3) is 10.9 Å². The fourth-order valence-electron chi connectivity index (χ4n) is 3.51. The number of nitriles is 1. The average molecular weight is 426 g/mol. The summed E-state index contributed by atoms with van der Waals surface area (Å²) in [5.74, 6) is -0.420. The molecule has 32 heavy (non-hydrogen) atoms. The van der Waals surface area contributed by atoms with Gasteiger partial charge in [0.15, 0.2) is 0 Å². The number of benzene rings is 1. The van der Waals surface area contributed by atoms with Crippen molar-refractivity contribution in [1.29, 1.82) is 5.26 Å². The van der Waals surface area contributed by atoms with Gasteiger partial charge < -0.3 is 11.1 Å². The van der Waals surface area contributed by atoms with E-state index in [1.807, 2.05) is 18.2 Å². The number of halogens is 1. The Morgan fingerprint density at radius 1 is 1.19 bits per heavy atom. The number of aryl methyl sites for hydroxylation is 1. The van der Waals surface area contributed by atoms with Gasteiger partial charge >= 0.3 is 0 Å². The smallest absolute Gasteiger partial charge is 0.251 e. The highest BCUT2D eigenvalue weighted by molar-refractivity contribution is 5.94. The van der Waals surface area contributed by atoms with Crippen LogP contribution in [0.15, 0.2) is 54.9 Å². The highest BCUT2D eigenvalue weighted by Gasteiger charge is 2.12. The summed E-state index contributed by atoms with van der Waals surface area (Å²) in [6.45, 7) is 1.90. The molecule has 0 radical (unpaired) electrons. The Morgan fingerprint density at radius 3 is 2.84 bits per heavy atom. The first-order valence-electron chi connectivity index (χ1n) is 9.86. The van der Waals surface area contributed by atoms with E-state index in [2.05, 4.69) is 26.3 Å². The van der Waals surface area contributed by atoms with Crippen LogP contribution in [0.5, 0.6) is 0 Å². The second-order valence-electron chi connectivity index (χ2n) is 7.35. The van der Waals surface area contributed by atoms with Crippen LogP contribution in [0.3, 0.4) is 0 Å². The van der Waals surface area contributed by atoms with Crippen LogP contribution in [-0.2, 0) is 13.0 Å². The van der Waals surface area contributed by atoms with Crippen molar-refractivity contribution in [3.05, 3.63) is 94.3 Å². The van der Waals surface area contributed by atoms with Crippen LogP contribution in [0, 0.1) is 24.1 Å². The van der Waals surface area contributed by atoms with Gasteiger partial charge in [-0.25, -0.2) is 9.37 Å². The zero-order valence-corrected chi connectivity index (χ0v) is 17.3. The Labute approximate surface area is 183 Å². The molecule has 0 aliphatic carbocycles. The van der Waals surface area contributed by atoms with E-state index in [1.54, 1.807) is 25.3 Å². The van der Waals surface area contributed by atoms with Gasteiger partial charge in [0.25, 0.3) is 5.91 Å². The minimum atomic E-state index is -0.391. The molecular formula is C24H19FN6O. The number of nitrogens with two attached hydrogens (primary N) is 1. The lowest BCUT2D eigenvalue weighted by molar-refractivity contribution is 0.0950. The number of amides is 1. The second kappa shape index (κ2) is 8.78. The summed E-state index contributed by atoms with van der Waals surface area (Å²) in [5, 5.41) is 12.9. The average Bonchev–Trinajstić information content (AvgIpc) is 2.77. The number of anilines is 1. The number of nitrogens with zero attached hydrogens (tertiary/aromatic N) is 4. The Bertz CT molecular complexity index is 1380. The molecule has 0 spiro atoms. The van der Waals surface area contributed by atoms with Gasteiger partial charge in [0.05, 0.1) is 23.3 Å². The van der Waals surface area contributed by atoms with Crippen molar-refractivity contribution in [2.75, 3.05) is 5.73 Å². The summed E-state index contributed by atoms with van der Waals surface area (Å²) in [5.41, 5.74) is 10.1. The number of carbonyl (C=O) groups is 1. The van der Waals surface area contributed by atoms with E-state index < -0.39 is 5.82 Å². The van der Waals surface area contributed by atoms with Crippen LogP contribution in [0.2, 0.25) is 0 Å². The first-order chi connectivity index (χ1) is 15.4. The Kier molecular flexibility index (Phi) is 5.73. The van der Waals surface area contributed by atoms with E-state index in [1.165, 1.54) is 18.3 Å². The lowest BCUT2D eigenvalue weighted by atomic mass is 10.0. The molecule has 8 heteroatoms. The van der Waals surface area contributed by atoms with Crippen molar-refractivity contribution < 1.29 is 9.18 Å². The third-order valence-electron chi connectivity index (χ3n) is 5.07. The molecule has 1 amide bonds. The molecule has 0 aliphatic rings. The maximum absolute atomic E-state index is 13.5. The van der Waals surface area contributed by atoms with Gasteiger partial charge in [0, 0.05) is 47.1 Å². The molecule has 0 aliphatic heterocycles. The van der Waals surface area contributed by atoms with Crippen molar-refractivity contribution >= 4 is 22.6 Å². The van der Waals surface area contributed by atoms with E-state index in [4.69, 9.17) is 5.73 Å². The quantitative estimate of drug-likeness (QED) is 0.505. The largest absolute Gasteiger partial charge is 0.384 e. The van der Waals surface area contributed by atoms with Crippen molar-refractivity contribution in [2.24, 2.45) is 0 Å². The standard InChI is InChI=1S/C24H19FN6O/c1-14-21(18(11-26)10-23(27)31-14)13-30-24(32)16-4-5-28-20(9-16)7-15-2-3-22-17(6-15)8-19(25)12-29-22/h2-6,8-10,12H,7,13H2,1H3,(H2,27,31)(H,30,32). The highest BCUT2D eigenvalue weighted by Crippen LogP contribution is 2.18. The molecule has 3 heterocycles. The predicted octanol–water partition coefficient (Wildman–Crippen LogP) is 3.45. The van der Waals surface area contributed by atoms with Gasteiger partial charge in [-0.3, -0.25) is 14.8 Å². The third-order valence-corrected chi connectivity index (χ3v) is 5.07. The van der Waals surface area contributed by atoms with E-state index in [9.17, 15) is 14.4 Å². The molecule has 0 unspecified atom stereocenters. The zero-order valence-electron chi connectivity index (χ0n) is 17.3. The number of pyridine rings is 3. The Morgan fingerprint density at radius 2 is 2.03 bits per heavy atom. The molecule has 0 saturated carbocycles. The van der Waals surface area contributed by atoms with Crippen LogP contribution in [-0.4, -0.2) is 20.9 Å². The summed E-state index contributed by atoms with van der Waals surface area (Å²) < 4.78 is 13.5. The van der Waals surface area contributed by atoms with Gasteiger partial charge in [0.2, 0.25) is 0 Å². The maximum atomic E-state index is 13.5. The molecule has 0 bridgehead atoms. The number of hydrogen-bond acceptors (Lipinski definition) is 6. The molecule has 3 aromatic heterocycles. The van der Waals surface area contributed by atoms with Gasteiger partial charge in [-0.2, -0.15) is 5.26 Å². The normalized spacial score (nSPS) is 10.7. The van der Waals surface area contributed by atoms with Crippen LogP contribution in [0.4, 0.5) is 10.2 Å². The lowest BCUT2D eigenvalue weighted by Gasteiger charge is -2.11. The molecule has 1 aromatic carbocycles. The van der Waals surface area contributed by atoms with Gasteiger partial charge in [-0.05, 0) is 48.9 Å². The topological polar surface area (TPSA) is 118 Å². The van der Waals surface area contributed by atoms with E-state index >= 15 is 0 Å². The first-order valence-corrected chi connectivity index (χ1v) is 9.86. The zero-order chi connectivity index (χ0) is 22.7. The summed E-state index contributed by atoms with van der Waals surface area (Å²) in [7, 11) is 0. The Balaban J connectivity index is 1.50. The first kappa shape index (κ1) is 20.9. The molecule has 4 aromatic rings. The monoisotopic (exact) mass is 426 g/mol. The highest BCUT2D eigenvalue weighted by atomic mass is 19.1. The van der Waals surface area contributed by atoms with Crippen LogP contribution in [0.1, 0.15) is 38.4 Å². The van der Waals surface area contributed by atoms with Gasteiger partial charge in [-0.1, -0.05) is 6.07 Å². The number of hydrogen-bond donors (Lipinski definition) is 2. The molecule has 0 fully saturated rings. The maximum Gasteiger partial charge on any atom is 0.251 e. The number of nitrogen functional groups attached to an aromatic ring is 1. The Hall–Kier alpha value is -4.38. The summed E-state index contributed by atoms with van der Waals surface area (Å²) >= 11 is 0. The SMILES string of the molecule is Cc1nc(N)cc(C#N)c1CNC(=O)c1ccnc(Cc2ccc3ncc(F)cc3c2)c1. The summed E-state index contributed by atoms with van der Waals surface area (Å²) in [6, 6.07) is 13.9. The van der Waals surface area contributed by atoms with E-state index in [-0.39, 0.29) is 18.3 Å². The molecule has 0 saturated heterocycles. The van der Waals surface area contributed by atoms with Crippen LogP contribution >= 0.6 is 0 Å². The fourth-order valence-corrected chi connectivity index (χ4v) is 3.51. The number of fused-ring (bicyclic) bond motifs is 1. The number of rotatable bonds is 5. The van der Waals surface area contributed by atoms with E-state index in [0.717, 1.165) is 5.56 Å².